The predicted octanol–water partition coefficient (Wildman–Crippen LogP) is 4.26. The Morgan fingerprint density at radius 1 is 1.27 bits per heavy atom. The molecule has 0 spiro atoms. The van der Waals surface area contributed by atoms with Gasteiger partial charge in [-0.25, -0.2) is 0 Å². The molecule has 0 N–H and O–H groups in total. The average Bonchev–Trinajstić information content (AvgIpc) is 3.27. The maximum atomic E-state index is 6.09. The highest BCUT2D eigenvalue weighted by Crippen LogP contribution is 2.41. The highest BCUT2D eigenvalue weighted by Gasteiger charge is 2.26. The molecule has 1 aromatic heterocycles. The van der Waals surface area contributed by atoms with Gasteiger partial charge in [-0.15, -0.1) is 0 Å². The number of likely N-dealkylation sites (N-methyl/N-ethyl adjacent to an activating group) is 1. The van der Waals surface area contributed by atoms with Gasteiger partial charge in [0.1, 0.15) is 5.75 Å². The second-order valence-electron chi connectivity index (χ2n) is 6.70. The van der Waals surface area contributed by atoms with E-state index >= 15 is 0 Å². The molecule has 22 heavy (non-hydrogen) atoms. The minimum absolute atomic E-state index is 0.710. The number of nitrogens with zero attached hydrogens (tertiary/aromatic N) is 2. The Hall–Kier alpha value is -1.48. The summed E-state index contributed by atoms with van der Waals surface area (Å²) in [5.74, 6) is 1.07. The molecule has 1 aliphatic rings. The molecule has 0 saturated heterocycles. The van der Waals surface area contributed by atoms with Gasteiger partial charge in [0.25, 0.3) is 0 Å². The predicted molar refractivity (Wildman–Crippen MR) is 92.9 cm³/mol. The van der Waals surface area contributed by atoms with E-state index < -0.39 is 0 Å². The summed E-state index contributed by atoms with van der Waals surface area (Å²) in [6.45, 7) is 4.10. The van der Waals surface area contributed by atoms with Gasteiger partial charge in [0.05, 0.1) is 12.1 Å². The fraction of sp³-hybridized carbons (Fsp3) is 0.579. The number of benzene rings is 1. The average molecular weight is 300 g/mol. The van der Waals surface area contributed by atoms with Gasteiger partial charge in [0.2, 0.25) is 0 Å². The highest BCUT2D eigenvalue weighted by molar-refractivity contribution is 5.90. The van der Waals surface area contributed by atoms with Crippen molar-refractivity contribution in [3.05, 3.63) is 30.0 Å². The number of unbranched alkanes of at least 4 members (excludes halogenated alkanes) is 1. The van der Waals surface area contributed by atoms with Gasteiger partial charge in [-0.05, 0) is 57.5 Å². The molecule has 0 bridgehead atoms. The van der Waals surface area contributed by atoms with E-state index in [0.29, 0.717) is 6.04 Å². The number of hydrogen-bond donors (Lipinski definition) is 0. The first-order valence-electron chi connectivity index (χ1n) is 8.60. The molecule has 0 atom stereocenters. The van der Waals surface area contributed by atoms with Gasteiger partial charge in [-0.1, -0.05) is 19.4 Å². The van der Waals surface area contributed by atoms with E-state index in [4.69, 9.17) is 4.74 Å². The molecule has 3 rings (SSSR count). The zero-order valence-electron chi connectivity index (χ0n) is 14.1. The maximum absolute atomic E-state index is 6.09. The van der Waals surface area contributed by atoms with Crippen molar-refractivity contribution >= 4 is 10.9 Å². The molecule has 1 heterocycles. The molecule has 1 aromatic carbocycles. The summed E-state index contributed by atoms with van der Waals surface area (Å²) in [6, 6.07) is 7.23. The third-order valence-corrected chi connectivity index (χ3v) is 4.42. The summed E-state index contributed by atoms with van der Waals surface area (Å²) in [5, 5.41) is 1.34. The smallest absolute Gasteiger partial charge is 0.128 e. The van der Waals surface area contributed by atoms with Gasteiger partial charge in [-0.2, -0.15) is 0 Å². The molecule has 1 saturated carbocycles. The molecule has 120 valence electrons. The monoisotopic (exact) mass is 300 g/mol. The van der Waals surface area contributed by atoms with Crippen molar-refractivity contribution in [3.8, 4) is 5.75 Å². The van der Waals surface area contributed by atoms with Crippen LogP contribution in [0.25, 0.3) is 10.9 Å². The summed E-state index contributed by atoms with van der Waals surface area (Å²) >= 11 is 0. The number of rotatable bonds is 8. The third kappa shape index (κ3) is 3.30. The van der Waals surface area contributed by atoms with Crippen LogP contribution < -0.4 is 4.74 Å². The molecule has 0 amide bonds. The Kier molecular flexibility index (Phi) is 4.72. The van der Waals surface area contributed by atoms with Crippen molar-refractivity contribution in [1.82, 2.24) is 9.47 Å². The van der Waals surface area contributed by atoms with E-state index in [1.54, 1.807) is 0 Å². The van der Waals surface area contributed by atoms with E-state index in [0.717, 1.165) is 31.7 Å². The first-order valence-corrected chi connectivity index (χ1v) is 8.60. The van der Waals surface area contributed by atoms with Crippen molar-refractivity contribution < 1.29 is 4.74 Å². The summed E-state index contributed by atoms with van der Waals surface area (Å²) in [7, 11) is 4.28. The topological polar surface area (TPSA) is 17.4 Å². The van der Waals surface area contributed by atoms with E-state index in [-0.39, 0.29) is 0 Å². The van der Waals surface area contributed by atoms with Crippen LogP contribution in [0.2, 0.25) is 0 Å². The van der Waals surface area contributed by atoms with Crippen LogP contribution in [0.1, 0.15) is 44.2 Å². The third-order valence-electron chi connectivity index (χ3n) is 4.42. The van der Waals surface area contributed by atoms with Crippen LogP contribution >= 0.6 is 0 Å². The van der Waals surface area contributed by atoms with Crippen LogP contribution in [-0.4, -0.2) is 36.7 Å². The second kappa shape index (κ2) is 6.74. The summed E-state index contributed by atoms with van der Waals surface area (Å²) < 4.78 is 8.57. The Labute approximate surface area is 133 Å². The Balaban J connectivity index is 1.95. The second-order valence-corrected chi connectivity index (χ2v) is 6.70. The Morgan fingerprint density at radius 2 is 2.09 bits per heavy atom. The molecule has 3 heteroatoms. The van der Waals surface area contributed by atoms with Crippen molar-refractivity contribution in [3.63, 3.8) is 0 Å². The summed E-state index contributed by atoms with van der Waals surface area (Å²) in [5.41, 5.74) is 2.79. The van der Waals surface area contributed by atoms with Crippen molar-refractivity contribution in [2.24, 2.45) is 0 Å². The molecular weight excluding hydrogens is 272 g/mol. The van der Waals surface area contributed by atoms with Crippen LogP contribution in [0.3, 0.4) is 0 Å². The quantitative estimate of drug-likeness (QED) is 0.678. The van der Waals surface area contributed by atoms with Gasteiger partial charge in [0.15, 0.2) is 0 Å². The van der Waals surface area contributed by atoms with Gasteiger partial charge in [-0.3, -0.25) is 0 Å². The van der Waals surface area contributed by atoms with Crippen LogP contribution in [-0.2, 0) is 6.42 Å². The van der Waals surface area contributed by atoms with E-state index in [1.165, 1.54) is 35.7 Å². The lowest BCUT2D eigenvalue weighted by Crippen LogP contribution is -2.15. The lowest BCUT2D eigenvalue weighted by Gasteiger charge is -2.11. The van der Waals surface area contributed by atoms with Crippen LogP contribution in [0.5, 0.6) is 5.75 Å². The zero-order valence-corrected chi connectivity index (χ0v) is 14.1. The lowest BCUT2D eigenvalue weighted by atomic mass is 10.1. The van der Waals surface area contributed by atoms with E-state index in [2.05, 4.69) is 54.9 Å². The minimum atomic E-state index is 0.710. The van der Waals surface area contributed by atoms with Crippen LogP contribution in [0.4, 0.5) is 0 Å². The first kappa shape index (κ1) is 15.4. The normalized spacial score (nSPS) is 14.9. The molecule has 1 fully saturated rings. The number of hydrogen-bond acceptors (Lipinski definition) is 2. The van der Waals surface area contributed by atoms with Crippen LogP contribution in [0, 0.1) is 0 Å². The first-order chi connectivity index (χ1) is 10.7. The Morgan fingerprint density at radius 3 is 2.77 bits per heavy atom. The lowest BCUT2D eigenvalue weighted by molar-refractivity contribution is 0.313. The maximum Gasteiger partial charge on any atom is 0.128 e. The van der Waals surface area contributed by atoms with Gasteiger partial charge < -0.3 is 14.2 Å². The van der Waals surface area contributed by atoms with E-state index in [9.17, 15) is 0 Å². The zero-order chi connectivity index (χ0) is 15.5. The molecular formula is C19H28N2O. The fourth-order valence-electron chi connectivity index (χ4n) is 2.99. The molecule has 2 aromatic rings. The standard InChI is InChI=1S/C19H28N2O/c1-4-5-13-22-18-8-6-7-17-19(18)15(11-12-20(2)3)14-21(17)16-9-10-16/h6-8,14,16H,4-5,9-13H2,1-3H3. The molecule has 1 aliphatic carbocycles. The largest absolute Gasteiger partial charge is 0.493 e. The van der Waals surface area contributed by atoms with Crippen molar-refractivity contribution in [1.29, 1.82) is 0 Å². The minimum Gasteiger partial charge on any atom is -0.493 e. The highest BCUT2D eigenvalue weighted by atomic mass is 16.5. The molecule has 3 nitrogen and oxygen atoms in total. The SMILES string of the molecule is CCCCOc1cccc2c1c(CCN(C)C)cn2C1CC1. The van der Waals surface area contributed by atoms with Crippen molar-refractivity contribution in [2.75, 3.05) is 27.2 Å². The summed E-state index contributed by atoms with van der Waals surface area (Å²) in [6.07, 6.45) is 8.38. The van der Waals surface area contributed by atoms with E-state index in [1.807, 2.05) is 0 Å². The number of fused-ring (bicyclic) bond motifs is 1. The molecule has 0 unspecified atom stereocenters. The van der Waals surface area contributed by atoms with Crippen LogP contribution in [0.15, 0.2) is 24.4 Å². The fourth-order valence-corrected chi connectivity index (χ4v) is 2.99. The summed E-state index contributed by atoms with van der Waals surface area (Å²) in [4.78, 5) is 2.25. The van der Waals surface area contributed by atoms with Gasteiger partial charge in [0, 0.05) is 24.2 Å². The van der Waals surface area contributed by atoms with Gasteiger partial charge >= 0.3 is 0 Å². The number of ether oxygens (including phenoxy) is 1. The molecule has 0 radical (unpaired) electrons. The van der Waals surface area contributed by atoms with Crippen molar-refractivity contribution in [2.45, 2.75) is 45.1 Å². The number of aromatic nitrogens is 1. The molecule has 0 aliphatic heterocycles. The Bertz CT molecular complexity index is 626.